The van der Waals surface area contributed by atoms with Crippen molar-refractivity contribution in [2.75, 3.05) is 5.73 Å². The minimum Gasteiger partial charge on any atom is -0.396 e. The highest BCUT2D eigenvalue weighted by atomic mass is 19.1. The van der Waals surface area contributed by atoms with Crippen LogP contribution in [0.2, 0.25) is 0 Å². The molecule has 5 N–H and O–H groups in total. The zero-order valence-corrected chi connectivity index (χ0v) is 19.4. The number of ether oxygens (including phenoxy) is 1. The molecule has 0 bridgehead atoms. The minimum absolute atomic E-state index is 0.0153. The average Bonchev–Trinajstić information content (AvgIpc) is 2.83. The number of benzene rings is 1. The number of Topliss-reactive ketones (excluding diaryl/α,β-unsaturated/α-hetero) is 1. The molecule has 35 heavy (non-hydrogen) atoms. The number of nitrogens with zero attached hydrogens (tertiary/aromatic N) is 3. The Labute approximate surface area is 201 Å². The van der Waals surface area contributed by atoms with Crippen molar-refractivity contribution in [1.82, 2.24) is 15.0 Å². The van der Waals surface area contributed by atoms with Crippen LogP contribution in [0.3, 0.4) is 0 Å². The Hall–Kier alpha value is -3.34. The van der Waals surface area contributed by atoms with Gasteiger partial charge in [-0.15, -0.1) is 0 Å². The number of carbonyl (C=O) groups excluding carboxylic acids is 1. The van der Waals surface area contributed by atoms with Crippen molar-refractivity contribution in [2.45, 2.75) is 57.0 Å². The van der Waals surface area contributed by atoms with Crippen LogP contribution in [-0.2, 0) is 11.2 Å². The van der Waals surface area contributed by atoms with E-state index in [4.69, 9.17) is 16.2 Å². The molecule has 184 valence electrons. The molecule has 4 atom stereocenters. The van der Waals surface area contributed by atoms with E-state index in [1.165, 1.54) is 6.07 Å². The molecule has 1 aliphatic heterocycles. The lowest BCUT2D eigenvalue weighted by Crippen LogP contribution is -2.59. The molecule has 2 aromatic heterocycles. The van der Waals surface area contributed by atoms with Crippen LogP contribution in [0.5, 0.6) is 0 Å². The highest BCUT2D eigenvalue weighted by Gasteiger charge is 2.45. The van der Waals surface area contributed by atoms with Crippen molar-refractivity contribution in [3.05, 3.63) is 71.3 Å². The number of ketones is 1. The summed E-state index contributed by atoms with van der Waals surface area (Å²) in [5, 5.41) is 10.8. The first-order chi connectivity index (χ1) is 16.7. The smallest absolute Gasteiger partial charge is 0.187 e. The Morgan fingerprint density at radius 1 is 1.26 bits per heavy atom. The maximum absolute atomic E-state index is 14.2. The predicted octanol–water partition coefficient (Wildman–Crippen LogP) is 3.14. The van der Waals surface area contributed by atoms with Gasteiger partial charge in [-0.1, -0.05) is 13.0 Å². The molecule has 1 fully saturated rings. The molecular weight excluding hydrogens is 456 g/mol. The number of rotatable bonds is 6. The van der Waals surface area contributed by atoms with Crippen LogP contribution >= 0.6 is 0 Å². The summed E-state index contributed by atoms with van der Waals surface area (Å²) in [4.78, 5) is 25.3. The largest absolute Gasteiger partial charge is 0.396 e. The summed E-state index contributed by atoms with van der Waals surface area (Å²) in [6, 6.07) is 4.61. The van der Waals surface area contributed by atoms with Gasteiger partial charge < -0.3 is 21.3 Å². The van der Waals surface area contributed by atoms with E-state index in [0.717, 1.165) is 18.3 Å². The molecule has 3 aromatic rings. The molecule has 10 heteroatoms. The SMILES string of the molecule is CC[C@]1(O)[C@H](N)C[C@H](c2ccncc2CC(=O)c2nc(-c3c(F)cccc3F)ncc2N)O[C@@H]1C. The number of nitrogen functional groups attached to an aromatic ring is 1. The van der Waals surface area contributed by atoms with Crippen molar-refractivity contribution in [2.24, 2.45) is 5.73 Å². The normalized spacial score (nSPS) is 24.3. The summed E-state index contributed by atoms with van der Waals surface area (Å²) in [7, 11) is 0. The van der Waals surface area contributed by atoms with Gasteiger partial charge in [0.2, 0.25) is 0 Å². The molecule has 0 unspecified atom stereocenters. The van der Waals surface area contributed by atoms with Crippen LogP contribution in [0.25, 0.3) is 11.4 Å². The number of hydrogen-bond acceptors (Lipinski definition) is 8. The van der Waals surface area contributed by atoms with E-state index >= 15 is 0 Å². The van der Waals surface area contributed by atoms with Gasteiger partial charge in [-0.3, -0.25) is 9.78 Å². The van der Waals surface area contributed by atoms with Crippen LogP contribution in [0.1, 0.15) is 54.4 Å². The van der Waals surface area contributed by atoms with Gasteiger partial charge in [0.25, 0.3) is 0 Å². The Morgan fingerprint density at radius 3 is 2.63 bits per heavy atom. The third kappa shape index (κ3) is 4.64. The van der Waals surface area contributed by atoms with Crippen molar-refractivity contribution in [3.8, 4) is 11.4 Å². The molecule has 8 nitrogen and oxygen atoms in total. The molecule has 4 rings (SSSR count). The average molecular weight is 484 g/mol. The molecule has 0 spiro atoms. The highest BCUT2D eigenvalue weighted by molar-refractivity contribution is 6.00. The molecule has 1 aromatic carbocycles. The maximum Gasteiger partial charge on any atom is 0.187 e. The molecule has 0 aliphatic carbocycles. The van der Waals surface area contributed by atoms with Gasteiger partial charge in [0.1, 0.15) is 22.9 Å². The third-order valence-corrected chi connectivity index (χ3v) is 6.66. The van der Waals surface area contributed by atoms with Gasteiger partial charge in [0, 0.05) is 24.9 Å². The summed E-state index contributed by atoms with van der Waals surface area (Å²) < 4.78 is 34.6. The zero-order valence-electron chi connectivity index (χ0n) is 19.4. The second-order valence-electron chi connectivity index (χ2n) is 8.72. The van der Waals surface area contributed by atoms with Gasteiger partial charge in [-0.2, -0.15) is 0 Å². The number of aliphatic hydroxyl groups is 1. The highest BCUT2D eigenvalue weighted by Crippen LogP contribution is 2.39. The fourth-order valence-electron chi connectivity index (χ4n) is 4.51. The molecular formula is C25H27F2N5O3. The van der Waals surface area contributed by atoms with E-state index in [-0.39, 0.29) is 23.6 Å². The summed E-state index contributed by atoms with van der Waals surface area (Å²) in [6.45, 7) is 3.62. The number of hydrogen-bond donors (Lipinski definition) is 3. The Balaban J connectivity index is 1.63. The number of carbonyl (C=O) groups is 1. The first-order valence-electron chi connectivity index (χ1n) is 11.3. The number of aromatic nitrogens is 3. The van der Waals surface area contributed by atoms with E-state index in [1.807, 2.05) is 6.92 Å². The number of anilines is 1. The van der Waals surface area contributed by atoms with E-state index in [1.54, 1.807) is 25.4 Å². The molecule has 0 radical (unpaired) electrons. The van der Waals surface area contributed by atoms with E-state index in [9.17, 15) is 18.7 Å². The van der Waals surface area contributed by atoms with Crippen LogP contribution in [0.4, 0.5) is 14.5 Å². The summed E-state index contributed by atoms with van der Waals surface area (Å²) >= 11 is 0. The van der Waals surface area contributed by atoms with Gasteiger partial charge >= 0.3 is 0 Å². The number of pyridine rings is 1. The Morgan fingerprint density at radius 2 is 1.97 bits per heavy atom. The lowest BCUT2D eigenvalue weighted by atomic mass is 9.79. The van der Waals surface area contributed by atoms with Crippen LogP contribution < -0.4 is 11.5 Å². The Kier molecular flexibility index (Phi) is 6.88. The monoisotopic (exact) mass is 483 g/mol. The first kappa shape index (κ1) is 24.8. The predicted molar refractivity (Wildman–Crippen MR) is 125 cm³/mol. The van der Waals surface area contributed by atoms with Crippen molar-refractivity contribution >= 4 is 11.5 Å². The van der Waals surface area contributed by atoms with E-state index in [0.29, 0.717) is 24.0 Å². The summed E-state index contributed by atoms with van der Waals surface area (Å²) in [5.41, 5.74) is 11.8. The van der Waals surface area contributed by atoms with Gasteiger partial charge in [0.05, 0.1) is 29.7 Å². The molecule has 0 amide bonds. The summed E-state index contributed by atoms with van der Waals surface area (Å²) in [6.07, 6.45) is 3.97. The first-order valence-corrected chi connectivity index (χ1v) is 11.3. The van der Waals surface area contributed by atoms with Crippen LogP contribution in [0.15, 0.2) is 42.9 Å². The lowest BCUT2D eigenvalue weighted by molar-refractivity contribution is -0.181. The molecule has 1 saturated heterocycles. The maximum atomic E-state index is 14.2. The lowest BCUT2D eigenvalue weighted by Gasteiger charge is -2.45. The van der Waals surface area contributed by atoms with Crippen molar-refractivity contribution in [1.29, 1.82) is 0 Å². The van der Waals surface area contributed by atoms with Crippen LogP contribution in [-0.4, -0.2) is 43.6 Å². The number of halogens is 2. The molecule has 0 saturated carbocycles. The van der Waals surface area contributed by atoms with E-state index in [2.05, 4.69) is 15.0 Å². The summed E-state index contributed by atoms with van der Waals surface area (Å²) in [5.74, 6) is -2.46. The van der Waals surface area contributed by atoms with Gasteiger partial charge in [-0.25, -0.2) is 18.7 Å². The topological polar surface area (TPSA) is 137 Å². The molecule has 1 aliphatic rings. The second kappa shape index (κ2) is 9.73. The number of nitrogens with two attached hydrogens (primary N) is 2. The van der Waals surface area contributed by atoms with Gasteiger partial charge in [0.15, 0.2) is 11.6 Å². The van der Waals surface area contributed by atoms with Crippen molar-refractivity contribution in [3.63, 3.8) is 0 Å². The Bertz CT molecular complexity index is 1220. The quantitative estimate of drug-likeness (QED) is 0.455. The second-order valence-corrected chi connectivity index (χ2v) is 8.72. The van der Waals surface area contributed by atoms with Crippen LogP contribution in [0, 0.1) is 11.6 Å². The zero-order chi connectivity index (χ0) is 25.3. The van der Waals surface area contributed by atoms with Crippen molar-refractivity contribution < 1.29 is 23.4 Å². The van der Waals surface area contributed by atoms with E-state index < -0.39 is 46.8 Å². The minimum atomic E-state index is -1.15. The fraction of sp³-hybridized carbons (Fsp3) is 0.360. The standard InChI is InChI=1S/C25H27F2N5O3/c1-3-25(34)13(2)35-20(10-21(25)29)15-7-8-30-11-14(15)9-19(33)23-18(28)12-31-24(32-23)22-16(26)5-4-6-17(22)27/h4-8,11-13,20-21,34H,3,9-10,28-29H2,1-2H3/t13-,20-,21-,25-/m1/s1. The fourth-order valence-corrected chi connectivity index (χ4v) is 4.51. The third-order valence-electron chi connectivity index (χ3n) is 6.66. The van der Waals surface area contributed by atoms with Gasteiger partial charge in [-0.05, 0) is 49.1 Å². The molecule has 3 heterocycles.